The molecule has 2 nitrogen and oxygen atoms in total. The van der Waals surface area contributed by atoms with Gasteiger partial charge in [0.05, 0.1) is 18.1 Å². The Hall–Kier alpha value is -1.33. The van der Waals surface area contributed by atoms with Gasteiger partial charge in [-0.1, -0.05) is 24.3 Å². The van der Waals surface area contributed by atoms with Crippen LogP contribution in [-0.2, 0) is 12.8 Å². The summed E-state index contributed by atoms with van der Waals surface area (Å²) in [6, 6.07) is 10.2. The van der Waals surface area contributed by atoms with Gasteiger partial charge in [-0.3, -0.25) is 0 Å². The lowest BCUT2D eigenvalue weighted by Crippen LogP contribution is -2.07. The number of benzene rings is 1. The molecule has 1 saturated carbocycles. The van der Waals surface area contributed by atoms with Crippen LogP contribution in [0.15, 0.2) is 24.3 Å². The lowest BCUT2D eigenvalue weighted by atomic mass is 10.0. The summed E-state index contributed by atoms with van der Waals surface area (Å²) in [4.78, 5) is 0. The Morgan fingerprint density at radius 3 is 2.33 bits per heavy atom. The molecule has 1 N–H and O–H groups in total. The number of aryl methyl sites for hydroxylation is 1. The molecule has 1 aliphatic carbocycles. The summed E-state index contributed by atoms with van der Waals surface area (Å²) in [5.74, 6) is 0. The third-order valence-electron chi connectivity index (χ3n) is 3.01. The largest absolute Gasteiger partial charge is 0.390 e. The van der Waals surface area contributed by atoms with Crippen LogP contribution in [0.3, 0.4) is 0 Å². The van der Waals surface area contributed by atoms with E-state index >= 15 is 0 Å². The van der Waals surface area contributed by atoms with Gasteiger partial charge in [-0.2, -0.15) is 5.26 Å². The van der Waals surface area contributed by atoms with Crippen LogP contribution < -0.4 is 0 Å². The molecule has 1 aromatic rings. The van der Waals surface area contributed by atoms with E-state index in [-0.39, 0.29) is 5.60 Å². The van der Waals surface area contributed by atoms with Crippen LogP contribution in [-0.4, -0.2) is 10.7 Å². The average molecular weight is 201 g/mol. The summed E-state index contributed by atoms with van der Waals surface area (Å²) in [7, 11) is 0. The van der Waals surface area contributed by atoms with Gasteiger partial charge < -0.3 is 5.11 Å². The first-order valence-corrected chi connectivity index (χ1v) is 5.39. The summed E-state index contributed by atoms with van der Waals surface area (Å²) in [6.45, 7) is 0. The summed E-state index contributed by atoms with van der Waals surface area (Å²) in [5.41, 5.74) is 1.95. The predicted octanol–water partition coefficient (Wildman–Crippen LogP) is 2.21. The topological polar surface area (TPSA) is 44.0 Å². The van der Waals surface area contributed by atoms with Crippen molar-refractivity contribution in [2.45, 2.75) is 37.7 Å². The van der Waals surface area contributed by atoms with Gasteiger partial charge in [-0.05, 0) is 36.8 Å². The summed E-state index contributed by atoms with van der Waals surface area (Å²) >= 11 is 0. The van der Waals surface area contributed by atoms with Crippen molar-refractivity contribution in [2.24, 2.45) is 0 Å². The van der Waals surface area contributed by atoms with E-state index in [1.807, 2.05) is 12.1 Å². The molecule has 2 rings (SSSR count). The van der Waals surface area contributed by atoms with Crippen molar-refractivity contribution >= 4 is 0 Å². The van der Waals surface area contributed by atoms with Gasteiger partial charge in [0.2, 0.25) is 0 Å². The molecule has 0 heterocycles. The predicted molar refractivity (Wildman–Crippen MR) is 58.3 cm³/mol. The van der Waals surface area contributed by atoms with Gasteiger partial charge >= 0.3 is 0 Å². The van der Waals surface area contributed by atoms with Crippen LogP contribution in [0, 0.1) is 11.3 Å². The van der Waals surface area contributed by atoms with E-state index in [1.165, 1.54) is 5.56 Å². The fraction of sp³-hybridized carbons (Fsp3) is 0.462. The molecule has 1 fully saturated rings. The lowest BCUT2D eigenvalue weighted by molar-refractivity contribution is 0.140. The Kier molecular flexibility index (Phi) is 2.75. The first-order chi connectivity index (χ1) is 7.22. The van der Waals surface area contributed by atoms with Gasteiger partial charge in [0.1, 0.15) is 0 Å². The van der Waals surface area contributed by atoms with Crippen molar-refractivity contribution in [1.82, 2.24) is 0 Å². The lowest BCUT2D eigenvalue weighted by Gasteiger charge is -2.07. The molecule has 15 heavy (non-hydrogen) atoms. The smallest absolute Gasteiger partial charge is 0.0669 e. The quantitative estimate of drug-likeness (QED) is 0.811. The van der Waals surface area contributed by atoms with Crippen molar-refractivity contribution in [1.29, 1.82) is 5.26 Å². The first-order valence-electron chi connectivity index (χ1n) is 5.39. The van der Waals surface area contributed by atoms with Crippen LogP contribution in [0.25, 0.3) is 0 Å². The minimum atomic E-state index is -0.356. The highest BCUT2D eigenvalue weighted by molar-refractivity contribution is 5.24. The molecule has 0 atom stereocenters. The Labute approximate surface area is 90.2 Å². The molecule has 0 bridgehead atoms. The second kappa shape index (κ2) is 4.04. The number of rotatable bonds is 4. The fourth-order valence-corrected chi connectivity index (χ4v) is 1.69. The van der Waals surface area contributed by atoms with Crippen molar-refractivity contribution in [2.75, 3.05) is 0 Å². The zero-order chi connectivity index (χ0) is 10.7. The second-order valence-corrected chi connectivity index (χ2v) is 4.38. The first kappa shape index (κ1) is 10.2. The average Bonchev–Trinajstić information content (AvgIpc) is 2.97. The number of nitriles is 1. The number of hydrogen-bond acceptors (Lipinski definition) is 2. The van der Waals surface area contributed by atoms with Crippen molar-refractivity contribution in [3.8, 4) is 6.07 Å². The Bertz CT molecular complexity index is 371. The Balaban J connectivity index is 1.89. The Morgan fingerprint density at radius 1 is 1.20 bits per heavy atom. The molecule has 2 heteroatoms. The van der Waals surface area contributed by atoms with Crippen LogP contribution >= 0.6 is 0 Å². The van der Waals surface area contributed by atoms with Crippen molar-refractivity contribution < 1.29 is 5.11 Å². The van der Waals surface area contributed by atoms with Gasteiger partial charge in [0.25, 0.3) is 0 Å². The van der Waals surface area contributed by atoms with E-state index in [0.717, 1.165) is 31.2 Å². The van der Waals surface area contributed by atoms with Gasteiger partial charge in [0.15, 0.2) is 0 Å². The molecular formula is C13H15NO. The van der Waals surface area contributed by atoms with Gasteiger partial charge in [-0.25, -0.2) is 0 Å². The SMILES string of the molecule is N#CCc1ccc(CCC2(O)CC2)cc1. The van der Waals surface area contributed by atoms with Crippen LogP contribution in [0.1, 0.15) is 30.4 Å². The summed E-state index contributed by atoms with van der Waals surface area (Å²) in [6.07, 6.45) is 4.19. The Morgan fingerprint density at radius 2 is 1.80 bits per heavy atom. The summed E-state index contributed by atoms with van der Waals surface area (Å²) < 4.78 is 0. The highest BCUT2D eigenvalue weighted by atomic mass is 16.3. The molecular weight excluding hydrogens is 186 g/mol. The highest BCUT2D eigenvalue weighted by Crippen LogP contribution is 2.39. The van der Waals surface area contributed by atoms with E-state index in [9.17, 15) is 5.11 Å². The van der Waals surface area contributed by atoms with Crippen LogP contribution in [0.2, 0.25) is 0 Å². The molecule has 78 valence electrons. The monoisotopic (exact) mass is 201 g/mol. The van der Waals surface area contributed by atoms with E-state index in [2.05, 4.69) is 18.2 Å². The van der Waals surface area contributed by atoms with Crippen LogP contribution in [0.5, 0.6) is 0 Å². The molecule has 0 radical (unpaired) electrons. The third kappa shape index (κ3) is 2.81. The number of nitrogens with zero attached hydrogens (tertiary/aromatic N) is 1. The van der Waals surface area contributed by atoms with Crippen molar-refractivity contribution in [3.63, 3.8) is 0 Å². The van der Waals surface area contributed by atoms with Crippen molar-refractivity contribution in [3.05, 3.63) is 35.4 Å². The maximum atomic E-state index is 9.69. The molecule has 0 amide bonds. The molecule has 1 aromatic carbocycles. The van der Waals surface area contributed by atoms with E-state index in [4.69, 9.17) is 5.26 Å². The highest BCUT2D eigenvalue weighted by Gasteiger charge is 2.39. The minimum absolute atomic E-state index is 0.356. The van der Waals surface area contributed by atoms with Gasteiger partial charge in [-0.15, -0.1) is 0 Å². The minimum Gasteiger partial charge on any atom is -0.390 e. The number of hydrogen-bond donors (Lipinski definition) is 1. The molecule has 0 aromatic heterocycles. The van der Waals surface area contributed by atoms with Crippen LogP contribution in [0.4, 0.5) is 0 Å². The normalized spacial score (nSPS) is 17.1. The summed E-state index contributed by atoms with van der Waals surface area (Å²) in [5, 5.41) is 18.2. The number of aliphatic hydroxyl groups is 1. The van der Waals surface area contributed by atoms with E-state index < -0.39 is 0 Å². The molecule has 0 spiro atoms. The second-order valence-electron chi connectivity index (χ2n) is 4.38. The zero-order valence-electron chi connectivity index (χ0n) is 8.74. The maximum Gasteiger partial charge on any atom is 0.0669 e. The zero-order valence-corrected chi connectivity index (χ0v) is 8.74. The fourth-order valence-electron chi connectivity index (χ4n) is 1.69. The van der Waals surface area contributed by atoms with E-state index in [1.54, 1.807) is 0 Å². The standard InChI is InChI=1S/C13H15NO/c14-10-6-12-3-1-11(2-4-12)5-7-13(15)8-9-13/h1-4,15H,5-9H2. The molecule has 0 unspecified atom stereocenters. The van der Waals surface area contributed by atoms with E-state index in [0.29, 0.717) is 6.42 Å². The molecule has 0 aliphatic heterocycles. The van der Waals surface area contributed by atoms with Gasteiger partial charge in [0, 0.05) is 0 Å². The molecule has 1 aliphatic rings. The molecule has 0 saturated heterocycles. The maximum absolute atomic E-state index is 9.69. The third-order valence-corrected chi connectivity index (χ3v) is 3.01.